The summed E-state index contributed by atoms with van der Waals surface area (Å²) in [5, 5.41) is 5.79. The number of halogens is 1. The number of amides is 3. The Bertz CT molecular complexity index is 1840. The molecule has 1 atom stereocenters. The smallest absolute Gasteiger partial charge is 0.331 e. The molecular weight excluding hydrogens is 541 g/mol. The van der Waals surface area contributed by atoms with E-state index in [-0.39, 0.29) is 47.0 Å². The molecular formula is C30H34FN7O4. The van der Waals surface area contributed by atoms with Crippen molar-refractivity contribution in [3.8, 4) is 0 Å². The van der Waals surface area contributed by atoms with Crippen molar-refractivity contribution in [2.24, 2.45) is 5.92 Å². The number of urea groups is 1. The lowest BCUT2D eigenvalue weighted by molar-refractivity contribution is 0.0913. The molecule has 2 aromatic heterocycles. The number of likely N-dealkylation sites (tertiary alicyclic amines) is 1. The molecule has 3 N–H and O–H groups in total. The van der Waals surface area contributed by atoms with Crippen molar-refractivity contribution in [1.82, 2.24) is 29.3 Å². The van der Waals surface area contributed by atoms with E-state index in [2.05, 4.69) is 20.6 Å². The number of imidazole rings is 1. The Morgan fingerprint density at radius 1 is 1.14 bits per heavy atom. The second-order valence-corrected chi connectivity index (χ2v) is 11.7. The zero-order chi connectivity index (χ0) is 29.7. The van der Waals surface area contributed by atoms with Crippen LogP contribution in [0.1, 0.15) is 61.8 Å². The van der Waals surface area contributed by atoms with E-state index < -0.39 is 23.1 Å². The van der Waals surface area contributed by atoms with E-state index in [9.17, 15) is 19.2 Å². The molecule has 0 spiro atoms. The van der Waals surface area contributed by atoms with Gasteiger partial charge in [0.1, 0.15) is 11.6 Å². The first-order valence-electron chi connectivity index (χ1n) is 14.4. The van der Waals surface area contributed by atoms with Gasteiger partial charge in [-0.2, -0.15) is 0 Å². The summed E-state index contributed by atoms with van der Waals surface area (Å²) in [4.78, 5) is 61.7. The van der Waals surface area contributed by atoms with E-state index in [1.54, 1.807) is 12.1 Å². The number of aryl methyl sites for hydroxylation is 1. The highest BCUT2D eigenvalue weighted by atomic mass is 19.1. The third-order valence-electron chi connectivity index (χ3n) is 8.06. The third-order valence-corrected chi connectivity index (χ3v) is 8.06. The van der Waals surface area contributed by atoms with E-state index in [1.165, 1.54) is 20.1 Å². The van der Waals surface area contributed by atoms with Crippen LogP contribution in [-0.2, 0) is 6.54 Å². The van der Waals surface area contributed by atoms with Crippen molar-refractivity contribution in [1.29, 1.82) is 0 Å². The van der Waals surface area contributed by atoms with Crippen LogP contribution >= 0.6 is 0 Å². The number of carbonyl (C=O) groups excluding carboxylic acids is 2. The molecule has 1 saturated carbocycles. The fourth-order valence-electron chi connectivity index (χ4n) is 5.73. The molecule has 0 unspecified atom stereocenters. The molecule has 3 heterocycles. The van der Waals surface area contributed by atoms with Crippen LogP contribution in [0, 0.1) is 18.7 Å². The molecule has 1 aliphatic carbocycles. The number of hydrogen-bond acceptors (Lipinski definition) is 5. The number of benzene rings is 2. The fraction of sp³-hybridized carbons (Fsp3) is 0.433. The average molecular weight is 576 g/mol. The van der Waals surface area contributed by atoms with Gasteiger partial charge in [-0.1, -0.05) is 0 Å². The topological polar surface area (TPSA) is 134 Å². The summed E-state index contributed by atoms with van der Waals surface area (Å²) in [6, 6.07) is 6.61. The molecule has 2 aromatic carbocycles. The minimum atomic E-state index is -0.741. The number of anilines is 1. The minimum absolute atomic E-state index is 0.134. The normalized spacial score (nSPS) is 17.3. The number of carbonyl (C=O) groups is 2. The van der Waals surface area contributed by atoms with Crippen LogP contribution in [0.3, 0.4) is 0 Å². The first kappa shape index (κ1) is 27.7. The molecule has 2 aliphatic rings. The molecule has 4 aromatic rings. The van der Waals surface area contributed by atoms with Crippen LogP contribution in [0.2, 0.25) is 0 Å². The number of nitrogens with one attached hydrogen (secondary N) is 3. The van der Waals surface area contributed by atoms with E-state index in [0.717, 1.165) is 30.2 Å². The maximum absolute atomic E-state index is 15.3. The van der Waals surface area contributed by atoms with E-state index >= 15 is 4.39 Å². The van der Waals surface area contributed by atoms with Crippen LogP contribution in [0.5, 0.6) is 0 Å². The molecule has 0 radical (unpaired) electrons. The monoisotopic (exact) mass is 575 g/mol. The number of nitrogens with zero attached hydrogens (tertiary/aromatic N) is 4. The molecule has 2 fully saturated rings. The molecule has 3 amide bonds. The molecule has 6 rings (SSSR count). The molecule has 1 aliphatic heterocycles. The molecule has 11 nitrogen and oxygen atoms in total. The lowest BCUT2D eigenvalue weighted by Crippen LogP contribution is -2.50. The van der Waals surface area contributed by atoms with Gasteiger partial charge >= 0.3 is 11.7 Å². The van der Waals surface area contributed by atoms with Crippen LogP contribution in [0.15, 0.2) is 39.9 Å². The van der Waals surface area contributed by atoms with Gasteiger partial charge in [0.15, 0.2) is 0 Å². The van der Waals surface area contributed by atoms with Gasteiger partial charge in [0.05, 0.1) is 27.6 Å². The second kappa shape index (κ2) is 10.7. The highest BCUT2D eigenvalue weighted by Crippen LogP contribution is 2.30. The van der Waals surface area contributed by atoms with E-state index in [1.807, 2.05) is 26.8 Å². The van der Waals surface area contributed by atoms with Gasteiger partial charge in [-0.3, -0.25) is 18.7 Å². The second-order valence-electron chi connectivity index (χ2n) is 11.7. The van der Waals surface area contributed by atoms with Crippen molar-refractivity contribution in [3.05, 3.63) is 68.4 Å². The Balaban J connectivity index is 1.20. The molecule has 0 bridgehead atoms. The van der Waals surface area contributed by atoms with Gasteiger partial charge in [0.2, 0.25) is 0 Å². The fourth-order valence-corrected chi connectivity index (χ4v) is 5.73. The summed E-state index contributed by atoms with van der Waals surface area (Å²) in [5.41, 5.74) is 1.15. The van der Waals surface area contributed by atoms with Gasteiger partial charge < -0.3 is 20.5 Å². The minimum Gasteiger partial charge on any atom is -0.348 e. The lowest BCUT2D eigenvalue weighted by atomic mass is 10.1. The van der Waals surface area contributed by atoms with Crippen LogP contribution in [-0.4, -0.2) is 55.1 Å². The predicted octanol–water partition coefficient (Wildman–Crippen LogP) is 3.90. The lowest BCUT2D eigenvalue weighted by Gasteiger charge is -2.33. The number of fused-ring (bicyclic) bond motifs is 2. The summed E-state index contributed by atoms with van der Waals surface area (Å²) in [6.07, 6.45) is 3.28. The molecule has 12 heteroatoms. The Hall–Kier alpha value is -4.48. The largest absolute Gasteiger partial charge is 0.348 e. The van der Waals surface area contributed by atoms with E-state index in [4.69, 9.17) is 0 Å². The summed E-state index contributed by atoms with van der Waals surface area (Å²) in [5.74, 6) is 0.0504. The summed E-state index contributed by atoms with van der Waals surface area (Å²) in [6.45, 7) is 6.48. The van der Waals surface area contributed by atoms with Crippen molar-refractivity contribution in [2.45, 2.75) is 65.1 Å². The maximum Gasteiger partial charge on any atom is 0.331 e. The average Bonchev–Trinajstić information content (AvgIpc) is 3.69. The van der Waals surface area contributed by atoms with E-state index in [0.29, 0.717) is 37.0 Å². The number of aromatic amines is 1. The molecule has 1 saturated heterocycles. The summed E-state index contributed by atoms with van der Waals surface area (Å²) in [7, 11) is 0. The van der Waals surface area contributed by atoms with Gasteiger partial charge in [-0.15, -0.1) is 0 Å². The zero-order valence-electron chi connectivity index (χ0n) is 23.9. The third kappa shape index (κ3) is 5.28. The SMILES string of the molecule is Cc1nc2cc(C(=O)N[C@@H]3CCCN(C(=O)Nc4cc5c(=O)n(CC6CC6)c(=O)n(C(C)C)c5cc4F)C3)ccc2[nH]1. The van der Waals surface area contributed by atoms with Crippen molar-refractivity contribution >= 4 is 39.6 Å². The van der Waals surface area contributed by atoms with Gasteiger partial charge in [-0.25, -0.2) is 19.0 Å². The number of H-pyrrole nitrogens is 1. The maximum atomic E-state index is 15.3. The first-order valence-corrected chi connectivity index (χ1v) is 14.4. The highest BCUT2D eigenvalue weighted by molar-refractivity contribution is 5.97. The van der Waals surface area contributed by atoms with Crippen molar-refractivity contribution in [2.75, 3.05) is 18.4 Å². The Kier molecular flexibility index (Phi) is 7.07. The molecule has 220 valence electrons. The quantitative estimate of drug-likeness (QED) is 0.321. The van der Waals surface area contributed by atoms with Gasteiger partial charge in [0.25, 0.3) is 11.5 Å². The van der Waals surface area contributed by atoms with Crippen molar-refractivity contribution < 1.29 is 14.0 Å². The zero-order valence-corrected chi connectivity index (χ0v) is 23.9. The summed E-state index contributed by atoms with van der Waals surface area (Å²) >= 11 is 0. The predicted molar refractivity (Wildman–Crippen MR) is 157 cm³/mol. The van der Waals surface area contributed by atoms with Crippen LogP contribution in [0.25, 0.3) is 21.9 Å². The number of aromatic nitrogens is 4. The number of piperidine rings is 1. The standard InChI is InChI=1S/C30H34FN7O4/c1-16(2)38-26-13-22(31)24(12-21(26)28(40)37(30(38)42)14-18-6-7-18)35-29(41)36-10-4-5-20(15-36)34-27(39)19-8-9-23-25(11-19)33-17(3)32-23/h8-9,11-13,16,18,20H,4-7,10,14-15H2,1-3H3,(H,32,33)(H,34,39)(H,35,41)/t20-/m1/s1. The number of rotatable bonds is 6. The van der Waals surface area contributed by atoms with Gasteiger partial charge in [0, 0.05) is 43.3 Å². The number of hydrogen-bond donors (Lipinski definition) is 3. The highest BCUT2D eigenvalue weighted by Gasteiger charge is 2.28. The Morgan fingerprint density at radius 3 is 2.67 bits per heavy atom. The first-order chi connectivity index (χ1) is 20.1. The van der Waals surface area contributed by atoms with Crippen LogP contribution in [0.4, 0.5) is 14.9 Å². The van der Waals surface area contributed by atoms with Crippen LogP contribution < -0.4 is 21.9 Å². The Labute approximate surface area is 240 Å². The summed E-state index contributed by atoms with van der Waals surface area (Å²) < 4.78 is 18.0. The van der Waals surface area contributed by atoms with Crippen molar-refractivity contribution in [3.63, 3.8) is 0 Å². The Morgan fingerprint density at radius 2 is 1.93 bits per heavy atom. The molecule has 42 heavy (non-hydrogen) atoms. The van der Waals surface area contributed by atoms with Gasteiger partial charge in [-0.05, 0) is 76.6 Å².